The summed E-state index contributed by atoms with van der Waals surface area (Å²) < 4.78 is 48.8. The van der Waals surface area contributed by atoms with Crippen LogP contribution >= 0.6 is 11.8 Å². The summed E-state index contributed by atoms with van der Waals surface area (Å²) in [6.07, 6.45) is 0. The molecule has 2 unspecified atom stereocenters. The predicted molar refractivity (Wildman–Crippen MR) is 113 cm³/mol. The number of nitrogens with zero attached hydrogens (tertiary/aromatic N) is 2. The Morgan fingerprint density at radius 3 is 2.72 bits per heavy atom. The van der Waals surface area contributed by atoms with Gasteiger partial charge in [-0.2, -0.15) is 0 Å². The SMILES string of the molecule is COc1ccc(OC)c(N2C(SCc3cccc(F)c3)=NC3CS(=O)(=O)CC32)c1. The second-order valence-corrected chi connectivity index (χ2v) is 10.0. The molecule has 9 heteroatoms. The number of fused-ring (bicyclic) bond motifs is 1. The van der Waals surface area contributed by atoms with Crippen molar-refractivity contribution >= 4 is 32.5 Å². The molecular weight excluding hydrogens is 415 g/mol. The Bertz CT molecular complexity index is 1060. The molecule has 6 nitrogen and oxygen atoms in total. The monoisotopic (exact) mass is 436 g/mol. The molecule has 0 saturated carbocycles. The lowest BCUT2D eigenvalue weighted by molar-refractivity contribution is 0.403. The second kappa shape index (κ2) is 7.87. The van der Waals surface area contributed by atoms with E-state index in [1.54, 1.807) is 32.4 Å². The van der Waals surface area contributed by atoms with E-state index >= 15 is 0 Å². The van der Waals surface area contributed by atoms with Gasteiger partial charge in [-0.3, -0.25) is 4.99 Å². The van der Waals surface area contributed by atoms with Crippen molar-refractivity contribution < 1.29 is 22.3 Å². The van der Waals surface area contributed by atoms with Gasteiger partial charge in [0.05, 0.1) is 43.5 Å². The van der Waals surface area contributed by atoms with Gasteiger partial charge in [-0.25, -0.2) is 12.8 Å². The van der Waals surface area contributed by atoms with Crippen molar-refractivity contribution in [3.8, 4) is 11.5 Å². The summed E-state index contributed by atoms with van der Waals surface area (Å²) in [5.41, 5.74) is 1.54. The molecule has 0 bridgehead atoms. The summed E-state index contributed by atoms with van der Waals surface area (Å²) in [7, 11) is -0.0116. The average Bonchev–Trinajstić information content (AvgIpc) is 3.16. The third-order valence-electron chi connectivity index (χ3n) is 5.01. The molecule has 1 saturated heterocycles. The molecule has 154 valence electrons. The summed E-state index contributed by atoms with van der Waals surface area (Å²) in [4.78, 5) is 6.64. The van der Waals surface area contributed by atoms with E-state index in [0.29, 0.717) is 28.1 Å². The minimum Gasteiger partial charge on any atom is -0.497 e. The van der Waals surface area contributed by atoms with Crippen LogP contribution in [-0.2, 0) is 15.6 Å². The zero-order valence-electron chi connectivity index (χ0n) is 16.0. The van der Waals surface area contributed by atoms with Crippen molar-refractivity contribution in [2.24, 2.45) is 4.99 Å². The van der Waals surface area contributed by atoms with Crippen LogP contribution in [0.3, 0.4) is 0 Å². The van der Waals surface area contributed by atoms with E-state index in [0.717, 1.165) is 5.56 Å². The number of hydrogen-bond donors (Lipinski definition) is 0. The van der Waals surface area contributed by atoms with Crippen LogP contribution in [-0.4, -0.2) is 51.4 Å². The first-order chi connectivity index (χ1) is 13.9. The Morgan fingerprint density at radius 1 is 1.17 bits per heavy atom. The average molecular weight is 437 g/mol. The van der Waals surface area contributed by atoms with Crippen molar-refractivity contribution in [1.29, 1.82) is 0 Å². The Hall–Kier alpha value is -2.26. The minimum atomic E-state index is -3.16. The van der Waals surface area contributed by atoms with Gasteiger partial charge in [0, 0.05) is 11.8 Å². The van der Waals surface area contributed by atoms with Gasteiger partial charge in [-0.15, -0.1) is 0 Å². The first-order valence-electron chi connectivity index (χ1n) is 9.07. The third kappa shape index (κ3) is 4.06. The number of benzene rings is 2. The van der Waals surface area contributed by atoms with Gasteiger partial charge in [0.2, 0.25) is 0 Å². The maximum absolute atomic E-state index is 13.5. The number of amidine groups is 1. The number of anilines is 1. The molecule has 0 aliphatic carbocycles. The van der Waals surface area contributed by atoms with E-state index < -0.39 is 9.84 Å². The smallest absolute Gasteiger partial charge is 0.164 e. The number of sulfone groups is 1. The zero-order chi connectivity index (χ0) is 20.6. The number of rotatable bonds is 5. The van der Waals surface area contributed by atoms with E-state index in [1.807, 2.05) is 17.0 Å². The molecule has 29 heavy (non-hydrogen) atoms. The first kappa shape index (κ1) is 20.0. The number of ether oxygens (including phenoxy) is 2. The standard InChI is InChI=1S/C20H21FN2O4S2/c1-26-15-6-7-19(27-2)17(9-15)23-18-12-29(24,25)11-16(18)22-20(23)28-10-13-4-3-5-14(21)8-13/h3-9,16,18H,10-12H2,1-2H3. The lowest BCUT2D eigenvalue weighted by Gasteiger charge is -2.28. The van der Waals surface area contributed by atoms with Crippen LogP contribution in [0.4, 0.5) is 10.1 Å². The summed E-state index contributed by atoms with van der Waals surface area (Å²) in [5.74, 6) is 1.54. The van der Waals surface area contributed by atoms with E-state index in [9.17, 15) is 12.8 Å². The molecule has 1 fully saturated rings. The molecule has 2 heterocycles. The highest BCUT2D eigenvalue weighted by Gasteiger charge is 2.47. The van der Waals surface area contributed by atoms with E-state index in [1.165, 1.54) is 23.9 Å². The molecular formula is C20H21FN2O4S2. The molecule has 0 radical (unpaired) electrons. The quantitative estimate of drug-likeness (QED) is 0.718. The van der Waals surface area contributed by atoms with Crippen LogP contribution in [0.1, 0.15) is 5.56 Å². The minimum absolute atomic E-state index is 0.0322. The van der Waals surface area contributed by atoms with Crippen LogP contribution in [0.2, 0.25) is 0 Å². The van der Waals surface area contributed by atoms with Crippen molar-refractivity contribution in [1.82, 2.24) is 0 Å². The Balaban J connectivity index is 1.69. The molecule has 4 rings (SSSR count). The zero-order valence-corrected chi connectivity index (χ0v) is 17.7. The van der Waals surface area contributed by atoms with Crippen LogP contribution < -0.4 is 14.4 Å². The molecule has 2 aliphatic rings. The van der Waals surface area contributed by atoms with Crippen molar-refractivity contribution in [2.75, 3.05) is 30.6 Å². The van der Waals surface area contributed by atoms with Gasteiger partial charge >= 0.3 is 0 Å². The van der Waals surface area contributed by atoms with Crippen LogP contribution in [0, 0.1) is 5.82 Å². The van der Waals surface area contributed by atoms with Gasteiger partial charge < -0.3 is 14.4 Å². The van der Waals surface area contributed by atoms with Gasteiger partial charge in [-0.05, 0) is 29.8 Å². The largest absolute Gasteiger partial charge is 0.497 e. The highest BCUT2D eigenvalue weighted by Crippen LogP contribution is 2.41. The summed E-state index contributed by atoms with van der Waals surface area (Å²) in [6, 6.07) is 11.2. The lowest BCUT2D eigenvalue weighted by atomic mass is 10.1. The fraction of sp³-hybridized carbons (Fsp3) is 0.350. The molecule has 2 aromatic rings. The van der Waals surface area contributed by atoms with Crippen LogP contribution in [0.25, 0.3) is 0 Å². The Morgan fingerprint density at radius 2 is 2.00 bits per heavy atom. The summed E-state index contributed by atoms with van der Waals surface area (Å²) in [6.45, 7) is 0. The molecule has 0 N–H and O–H groups in total. The lowest BCUT2D eigenvalue weighted by Crippen LogP contribution is -2.39. The molecule has 0 amide bonds. The van der Waals surface area contributed by atoms with Gasteiger partial charge in [0.25, 0.3) is 0 Å². The predicted octanol–water partition coefficient (Wildman–Crippen LogP) is 3.12. The number of methoxy groups -OCH3 is 2. The van der Waals surface area contributed by atoms with Gasteiger partial charge in [0.1, 0.15) is 17.3 Å². The summed E-state index contributed by atoms with van der Waals surface area (Å²) in [5, 5.41) is 0.700. The molecule has 0 aromatic heterocycles. The van der Waals surface area contributed by atoms with Crippen LogP contribution in [0.5, 0.6) is 11.5 Å². The normalized spacial score (nSPS) is 22.3. The van der Waals surface area contributed by atoms with Gasteiger partial charge in [-0.1, -0.05) is 23.9 Å². The number of hydrogen-bond acceptors (Lipinski definition) is 7. The van der Waals surface area contributed by atoms with Crippen molar-refractivity contribution in [3.63, 3.8) is 0 Å². The number of thioether (sulfide) groups is 1. The van der Waals surface area contributed by atoms with E-state index in [4.69, 9.17) is 14.5 Å². The maximum Gasteiger partial charge on any atom is 0.164 e. The Kier molecular flexibility index (Phi) is 5.44. The Labute approximate surface area is 173 Å². The van der Waals surface area contributed by atoms with Gasteiger partial charge in [0.15, 0.2) is 15.0 Å². The fourth-order valence-corrected chi connectivity index (χ4v) is 6.58. The number of aliphatic imine (C=N–C) groups is 1. The third-order valence-corrected chi connectivity index (χ3v) is 7.75. The van der Waals surface area contributed by atoms with E-state index in [-0.39, 0.29) is 29.4 Å². The highest BCUT2D eigenvalue weighted by atomic mass is 32.2. The molecule has 2 atom stereocenters. The molecule has 2 aliphatic heterocycles. The first-order valence-corrected chi connectivity index (χ1v) is 11.9. The van der Waals surface area contributed by atoms with E-state index in [2.05, 4.69) is 0 Å². The number of halogens is 1. The summed E-state index contributed by atoms with van der Waals surface area (Å²) >= 11 is 1.46. The topological polar surface area (TPSA) is 68.2 Å². The van der Waals surface area contributed by atoms with Crippen molar-refractivity contribution in [3.05, 3.63) is 53.8 Å². The highest BCUT2D eigenvalue weighted by molar-refractivity contribution is 8.13. The molecule has 2 aromatic carbocycles. The second-order valence-electron chi connectivity index (χ2n) is 6.95. The maximum atomic E-state index is 13.5. The fourth-order valence-electron chi connectivity index (χ4n) is 3.67. The molecule has 0 spiro atoms. The van der Waals surface area contributed by atoms with Crippen LogP contribution in [0.15, 0.2) is 47.5 Å². The van der Waals surface area contributed by atoms with Crippen molar-refractivity contribution in [2.45, 2.75) is 17.8 Å².